The Kier molecular flexibility index (Phi) is 4.92. The molecule has 0 atom stereocenters. The normalized spacial score (nSPS) is 17.4. The molecule has 1 aromatic rings. The topological polar surface area (TPSA) is 98.1 Å². The van der Waals surface area contributed by atoms with Crippen molar-refractivity contribution in [3.05, 3.63) is 6.33 Å². The molecule has 1 amide bonds. The number of hydrogen-bond acceptors (Lipinski definition) is 6. The van der Waals surface area contributed by atoms with Crippen LogP contribution in [0.5, 0.6) is 0 Å². The Bertz CT molecular complexity index is 562. The third-order valence-corrected chi connectivity index (χ3v) is 6.18. The first kappa shape index (κ1) is 15.9. The molecule has 1 aliphatic rings. The van der Waals surface area contributed by atoms with Crippen LogP contribution in [0.1, 0.15) is 26.7 Å². The molecule has 0 radical (unpaired) electrons. The summed E-state index contributed by atoms with van der Waals surface area (Å²) in [6.45, 7) is 4.85. The Balaban J connectivity index is 1.87. The number of aromatic nitrogens is 4. The van der Waals surface area contributed by atoms with Crippen LogP contribution >= 0.6 is 0 Å². The maximum Gasteiger partial charge on any atom is 0.244 e. The number of nitrogens with zero attached hydrogens (tertiary/aromatic N) is 5. The lowest BCUT2D eigenvalue weighted by molar-refractivity contribution is -0.132. The number of carbonyl (C=O) groups is 1. The van der Waals surface area contributed by atoms with Gasteiger partial charge >= 0.3 is 0 Å². The van der Waals surface area contributed by atoms with Gasteiger partial charge in [-0.2, -0.15) is 0 Å². The standard InChI is InChI=1S/C12H21N5O3S/c1-10(2)8-21(19,20)11-3-5-16(6-4-11)12(18)7-17-9-13-14-15-17/h9-11H,3-8H2,1-2H3. The van der Waals surface area contributed by atoms with Gasteiger partial charge in [-0.3, -0.25) is 4.79 Å². The molecule has 118 valence electrons. The largest absolute Gasteiger partial charge is 0.341 e. The van der Waals surface area contributed by atoms with E-state index < -0.39 is 9.84 Å². The second kappa shape index (κ2) is 6.50. The summed E-state index contributed by atoms with van der Waals surface area (Å²) >= 11 is 0. The van der Waals surface area contributed by atoms with Gasteiger partial charge in [0.1, 0.15) is 12.9 Å². The van der Waals surface area contributed by atoms with Gasteiger partial charge in [-0.25, -0.2) is 13.1 Å². The highest BCUT2D eigenvalue weighted by Crippen LogP contribution is 2.20. The molecule has 0 aliphatic carbocycles. The highest BCUT2D eigenvalue weighted by atomic mass is 32.2. The van der Waals surface area contributed by atoms with Gasteiger partial charge in [-0.05, 0) is 29.2 Å². The second-order valence-electron chi connectivity index (χ2n) is 5.81. The SMILES string of the molecule is CC(C)CS(=O)(=O)C1CCN(C(=O)Cn2cnnn2)CC1. The fourth-order valence-electron chi connectivity index (χ4n) is 2.56. The summed E-state index contributed by atoms with van der Waals surface area (Å²) in [7, 11) is -3.06. The second-order valence-corrected chi connectivity index (χ2v) is 8.14. The van der Waals surface area contributed by atoms with E-state index in [1.54, 1.807) is 4.90 Å². The average Bonchev–Trinajstić information content (AvgIpc) is 2.90. The summed E-state index contributed by atoms with van der Waals surface area (Å²) in [5, 5.41) is 10.3. The molecule has 0 spiro atoms. The van der Waals surface area contributed by atoms with Crippen LogP contribution in [-0.2, 0) is 21.2 Å². The molecule has 21 heavy (non-hydrogen) atoms. The maximum absolute atomic E-state index is 12.2. The Morgan fingerprint density at radius 3 is 2.52 bits per heavy atom. The molecule has 0 unspecified atom stereocenters. The Hall–Kier alpha value is -1.51. The zero-order valence-corrected chi connectivity index (χ0v) is 13.2. The van der Waals surface area contributed by atoms with Gasteiger partial charge in [-0.1, -0.05) is 13.8 Å². The zero-order valence-electron chi connectivity index (χ0n) is 12.3. The summed E-state index contributed by atoms with van der Waals surface area (Å²) < 4.78 is 25.8. The fourth-order valence-corrected chi connectivity index (χ4v) is 4.69. The summed E-state index contributed by atoms with van der Waals surface area (Å²) in [6.07, 6.45) is 2.41. The van der Waals surface area contributed by atoms with E-state index in [1.165, 1.54) is 11.0 Å². The van der Waals surface area contributed by atoms with Gasteiger partial charge in [0.05, 0.1) is 11.0 Å². The first-order chi connectivity index (χ1) is 9.88. The van der Waals surface area contributed by atoms with Crippen molar-refractivity contribution in [3.8, 4) is 0 Å². The highest BCUT2D eigenvalue weighted by molar-refractivity contribution is 7.92. The van der Waals surface area contributed by atoms with Crippen LogP contribution in [0.25, 0.3) is 0 Å². The molecule has 2 rings (SSSR count). The van der Waals surface area contributed by atoms with Crippen molar-refractivity contribution in [3.63, 3.8) is 0 Å². The van der Waals surface area contributed by atoms with E-state index in [2.05, 4.69) is 15.5 Å². The van der Waals surface area contributed by atoms with Gasteiger partial charge < -0.3 is 4.90 Å². The van der Waals surface area contributed by atoms with Crippen LogP contribution in [0.15, 0.2) is 6.33 Å². The van der Waals surface area contributed by atoms with Crippen molar-refractivity contribution in [2.24, 2.45) is 5.92 Å². The van der Waals surface area contributed by atoms with Gasteiger partial charge in [0.15, 0.2) is 9.84 Å². The minimum atomic E-state index is -3.06. The van der Waals surface area contributed by atoms with Crippen LogP contribution in [0.3, 0.4) is 0 Å². The number of tetrazole rings is 1. The molecule has 1 fully saturated rings. The fraction of sp³-hybridized carbons (Fsp3) is 0.833. The van der Waals surface area contributed by atoms with Crippen molar-refractivity contribution in [2.45, 2.75) is 38.5 Å². The Labute approximate surface area is 124 Å². The van der Waals surface area contributed by atoms with E-state index in [-0.39, 0.29) is 29.4 Å². The monoisotopic (exact) mass is 315 g/mol. The minimum Gasteiger partial charge on any atom is -0.341 e. The number of piperidine rings is 1. The average molecular weight is 315 g/mol. The predicted molar refractivity (Wildman–Crippen MR) is 76.0 cm³/mol. The van der Waals surface area contributed by atoms with Crippen LogP contribution in [0, 0.1) is 5.92 Å². The quantitative estimate of drug-likeness (QED) is 0.742. The molecule has 1 saturated heterocycles. The molecule has 1 aliphatic heterocycles. The molecule has 9 heteroatoms. The van der Waals surface area contributed by atoms with E-state index in [4.69, 9.17) is 0 Å². The lowest BCUT2D eigenvalue weighted by Gasteiger charge is -2.32. The van der Waals surface area contributed by atoms with E-state index in [1.807, 2.05) is 13.8 Å². The first-order valence-corrected chi connectivity index (χ1v) is 8.80. The molecule has 0 aromatic carbocycles. The lowest BCUT2D eigenvalue weighted by Crippen LogP contribution is -2.44. The maximum atomic E-state index is 12.2. The van der Waals surface area contributed by atoms with Crippen LogP contribution in [0.2, 0.25) is 0 Å². The van der Waals surface area contributed by atoms with Gasteiger partial charge in [-0.15, -0.1) is 5.10 Å². The predicted octanol–water partition coefficient (Wildman–Crippen LogP) is -0.265. The van der Waals surface area contributed by atoms with Gasteiger partial charge in [0.2, 0.25) is 5.91 Å². The molecule has 8 nitrogen and oxygen atoms in total. The summed E-state index contributed by atoms with van der Waals surface area (Å²) in [5.41, 5.74) is 0. The van der Waals surface area contributed by atoms with E-state index in [9.17, 15) is 13.2 Å². The summed E-state index contributed by atoms with van der Waals surface area (Å²) in [6, 6.07) is 0. The smallest absolute Gasteiger partial charge is 0.244 e. The zero-order chi connectivity index (χ0) is 15.5. The van der Waals surface area contributed by atoms with Gasteiger partial charge in [0, 0.05) is 13.1 Å². The molecule has 0 saturated carbocycles. The first-order valence-electron chi connectivity index (χ1n) is 7.08. The Morgan fingerprint density at radius 1 is 1.33 bits per heavy atom. The van der Waals surface area contributed by atoms with Crippen molar-refractivity contribution < 1.29 is 13.2 Å². The number of likely N-dealkylation sites (tertiary alicyclic amines) is 1. The van der Waals surface area contributed by atoms with Crippen molar-refractivity contribution in [2.75, 3.05) is 18.8 Å². The molecule has 0 N–H and O–H groups in total. The van der Waals surface area contributed by atoms with Crippen LogP contribution < -0.4 is 0 Å². The number of rotatable bonds is 5. The van der Waals surface area contributed by atoms with Crippen molar-refractivity contribution in [1.29, 1.82) is 0 Å². The third-order valence-electron chi connectivity index (χ3n) is 3.56. The molecule has 1 aromatic heterocycles. The van der Waals surface area contributed by atoms with Crippen LogP contribution in [-0.4, -0.2) is 63.5 Å². The number of amides is 1. The van der Waals surface area contributed by atoms with E-state index in [0.29, 0.717) is 25.9 Å². The van der Waals surface area contributed by atoms with Crippen LogP contribution in [0.4, 0.5) is 0 Å². The highest BCUT2D eigenvalue weighted by Gasteiger charge is 2.31. The van der Waals surface area contributed by atoms with E-state index in [0.717, 1.165) is 0 Å². The number of sulfone groups is 1. The summed E-state index contributed by atoms with van der Waals surface area (Å²) in [4.78, 5) is 13.7. The van der Waals surface area contributed by atoms with Crippen molar-refractivity contribution >= 4 is 15.7 Å². The lowest BCUT2D eigenvalue weighted by atomic mass is 10.1. The third kappa shape index (κ3) is 4.23. The molecule has 2 heterocycles. The molecular weight excluding hydrogens is 294 g/mol. The minimum absolute atomic E-state index is 0.0815. The Morgan fingerprint density at radius 2 is 2.00 bits per heavy atom. The van der Waals surface area contributed by atoms with Crippen molar-refractivity contribution in [1.82, 2.24) is 25.1 Å². The molecule has 0 bridgehead atoms. The van der Waals surface area contributed by atoms with E-state index >= 15 is 0 Å². The number of hydrogen-bond donors (Lipinski definition) is 0. The molecular formula is C12H21N5O3S. The summed E-state index contributed by atoms with van der Waals surface area (Å²) in [5.74, 6) is 0.271. The number of carbonyl (C=O) groups excluding carboxylic acids is 1. The van der Waals surface area contributed by atoms with Gasteiger partial charge in [0.25, 0.3) is 0 Å².